The summed E-state index contributed by atoms with van der Waals surface area (Å²) in [6, 6.07) is 0. The van der Waals surface area contributed by atoms with E-state index in [1.54, 1.807) is 0 Å². The minimum Gasteiger partial charge on any atom is -0.772 e. The Hall–Kier alpha value is -0.790. The van der Waals surface area contributed by atoms with E-state index in [1.807, 2.05) is 0 Å². The second-order valence-corrected chi connectivity index (χ2v) is 3.78. The van der Waals surface area contributed by atoms with E-state index in [0.29, 0.717) is 5.01 Å². The molecule has 1 aromatic rings. The maximum atomic E-state index is 10.5. The quantitative estimate of drug-likeness (QED) is 0.680. The van der Waals surface area contributed by atoms with Crippen molar-refractivity contribution in [1.29, 1.82) is 0 Å². The van der Waals surface area contributed by atoms with Crippen LogP contribution >= 0.6 is 11.3 Å². The first-order chi connectivity index (χ1) is 5.59. The molecule has 0 bridgehead atoms. The van der Waals surface area contributed by atoms with Crippen molar-refractivity contribution in [2.24, 2.45) is 5.73 Å². The van der Waals surface area contributed by atoms with Crippen molar-refractivity contribution in [2.75, 3.05) is 0 Å². The summed E-state index contributed by atoms with van der Waals surface area (Å²) in [6.45, 7) is 0. The highest BCUT2D eigenvalue weighted by atomic mass is 32.2. The van der Waals surface area contributed by atoms with Gasteiger partial charge in [0.2, 0.25) is 0 Å². The van der Waals surface area contributed by atoms with E-state index in [-0.39, 0.29) is 11.4 Å². The van der Waals surface area contributed by atoms with Crippen LogP contribution in [0, 0.1) is 0 Å². The molecule has 0 aliphatic heterocycles. The second kappa shape index (κ2) is 3.74. The topological polar surface area (TPSA) is 96.1 Å². The zero-order valence-corrected chi connectivity index (χ0v) is 7.48. The summed E-state index contributed by atoms with van der Waals surface area (Å²) < 4.78 is 20.4. The fraction of sp³-hybridized carbons (Fsp3) is 0.200. The largest absolute Gasteiger partial charge is 0.772 e. The van der Waals surface area contributed by atoms with E-state index in [0.717, 1.165) is 11.3 Å². The summed E-state index contributed by atoms with van der Waals surface area (Å²) in [5, 5.41) is 1.81. The number of carbonyl (C=O) groups excluding carboxylic acids is 1. The summed E-state index contributed by atoms with van der Waals surface area (Å²) >= 11 is -1.07. The molecule has 1 rings (SSSR count). The Morgan fingerprint density at radius 2 is 2.50 bits per heavy atom. The maximum Gasteiger partial charge on any atom is 0.268 e. The molecule has 7 heteroatoms. The lowest BCUT2D eigenvalue weighted by Crippen LogP contribution is -2.11. The van der Waals surface area contributed by atoms with Gasteiger partial charge in [-0.2, -0.15) is 0 Å². The second-order valence-electron chi connectivity index (χ2n) is 1.94. The van der Waals surface area contributed by atoms with Crippen molar-refractivity contribution in [2.45, 2.75) is 5.75 Å². The van der Waals surface area contributed by atoms with Crippen molar-refractivity contribution in [3.63, 3.8) is 0 Å². The van der Waals surface area contributed by atoms with Gasteiger partial charge in [-0.25, -0.2) is 4.98 Å². The highest BCUT2D eigenvalue weighted by Crippen LogP contribution is 2.10. The SMILES string of the molecule is NC(=O)c1csc(CS(=O)[O-])n1. The predicted octanol–water partition coefficient (Wildman–Crippen LogP) is -0.379. The number of hydrogen-bond acceptors (Lipinski definition) is 5. The van der Waals surface area contributed by atoms with Crippen LogP contribution in [0.4, 0.5) is 0 Å². The average molecular weight is 205 g/mol. The summed E-state index contributed by atoms with van der Waals surface area (Å²) in [6.07, 6.45) is 0. The van der Waals surface area contributed by atoms with Crippen molar-refractivity contribution >= 4 is 28.3 Å². The number of amides is 1. The fourth-order valence-electron chi connectivity index (χ4n) is 0.591. The maximum absolute atomic E-state index is 10.5. The van der Waals surface area contributed by atoms with Gasteiger partial charge in [-0.05, 0) is 11.1 Å². The lowest BCUT2D eigenvalue weighted by Gasteiger charge is -1.98. The molecule has 66 valence electrons. The number of hydrogen-bond donors (Lipinski definition) is 1. The summed E-state index contributed by atoms with van der Waals surface area (Å²) in [5.41, 5.74) is 5.02. The Morgan fingerprint density at radius 1 is 1.83 bits per heavy atom. The third kappa shape index (κ3) is 2.36. The molecule has 1 atom stereocenters. The van der Waals surface area contributed by atoms with Crippen LogP contribution in [0.3, 0.4) is 0 Å². The highest BCUT2D eigenvalue weighted by Gasteiger charge is 2.05. The molecular weight excluding hydrogens is 200 g/mol. The van der Waals surface area contributed by atoms with Crippen molar-refractivity contribution < 1.29 is 13.6 Å². The molecule has 12 heavy (non-hydrogen) atoms. The number of rotatable bonds is 3. The summed E-state index contributed by atoms with van der Waals surface area (Å²) in [4.78, 5) is 14.2. The Labute approximate surface area is 74.9 Å². The van der Waals surface area contributed by atoms with Gasteiger partial charge in [0.15, 0.2) is 0 Å². The molecule has 0 fully saturated rings. The molecular formula is C5H5N2O3S2-. The van der Waals surface area contributed by atoms with Gasteiger partial charge in [0.1, 0.15) is 10.7 Å². The fourth-order valence-corrected chi connectivity index (χ4v) is 1.99. The third-order valence-electron chi connectivity index (χ3n) is 1.05. The minimum atomic E-state index is -2.17. The van der Waals surface area contributed by atoms with Crippen LogP contribution in [0.5, 0.6) is 0 Å². The van der Waals surface area contributed by atoms with E-state index >= 15 is 0 Å². The molecule has 0 aliphatic carbocycles. The Bertz CT molecular complexity index is 322. The standard InChI is InChI=1S/C5H6N2O3S2/c6-5(8)3-1-11-4(7-3)2-12(9)10/h1H,2H2,(H2,6,8)(H,9,10)/p-1. The molecule has 0 spiro atoms. The Morgan fingerprint density at radius 3 is 2.92 bits per heavy atom. The molecule has 0 aromatic carbocycles. The molecule has 0 aliphatic rings. The van der Waals surface area contributed by atoms with Gasteiger partial charge in [0, 0.05) is 5.38 Å². The van der Waals surface area contributed by atoms with E-state index < -0.39 is 17.0 Å². The molecule has 1 amide bonds. The minimum absolute atomic E-state index is 0.112. The van der Waals surface area contributed by atoms with Crippen LogP contribution < -0.4 is 5.73 Å². The molecule has 1 aromatic heterocycles. The summed E-state index contributed by atoms with van der Waals surface area (Å²) in [5.74, 6) is -0.813. The zero-order chi connectivity index (χ0) is 9.14. The van der Waals surface area contributed by atoms with Gasteiger partial charge in [0.25, 0.3) is 5.91 Å². The molecule has 0 saturated heterocycles. The smallest absolute Gasteiger partial charge is 0.268 e. The van der Waals surface area contributed by atoms with Crippen molar-refractivity contribution in [3.05, 3.63) is 16.1 Å². The van der Waals surface area contributed by atoms with Crippen molar-refractivity contribution in [3.8, 4) is 0 Å². The van der Waals surface area contributed by atoms with Gasteiger partial charge in [-0.15, -0.1) is 11.3 Å². The van der Waals surface area contributed by atoms with Gasteiger partial charge >= 0.3 is 0 Å². The van der Waals surface area contributed by atoms with Gasteiger partial charge in [-0.1, -0.05) is 0 Å². The Kier molecular flexibility index (Phi) is 2.90. The third-order valence-corrected chi connectivity index (χ3v) is 2.59. The molecule has 0 saturated carbocycles. The number of thiazole rings is 1. The number of nitrogens with two attached hydrogens (primary N) is 1. The van der Waals surface area contributed by atoms with Crippen LogP contribution in [0.25, 0.3) is 0 Å². The molecule has 0 radical (unpaired) electrons. The van der Waals surface area contributed by atoms with E-state index in [2.05, 4.69) is 4.98 Å². The summed E-state index contributed by atoms with van der Waals surface area (Å²) in [7, 11) is 0. The van der Waals surface area contributed by atoms with Crippen LogP contribution in [0.1, 0.15) is 15.5 Å². The average Bonchev–Trinajstić information content (AvgIpc) is 2.34. The number of primary amides is 1. The van der Waals surface area contributed by atoms with E-state index in [1.165, 1.54) is 5.38 Å². The zero-order valence-electron chi connectivity index (χ0n) is 5.85. The first-order valence-corrected chi connectivity index (χ1v) is 5.02. The van der Waals surface area contributed by atoms with Gasteiger partial charge in [-0.3, -0.25) is 9.00 Å². The first-order valence-electron chi connectivity index (χ1n) is 2.89. The molecule has 2 N–H and O–H groups in total. The van der Waals surface area contributed by atoms with Gasteiger partial charge in [0.05, 0.1) is 5.75 Å². The van der Waals surface area contributed by atoms with Crippen LogP contribution in [0.2, 0.25) is 0 Å². The van der Waals surface area contributed by atoms with Crippen LogP contribution in [-0.2, 0) is 16.8 Å². The molecule has 5 nitrogen and oxygen atoms in total. The predicted molar refractivity (Wildman–Crippen MR) is 43.3 cm³/mol. The lowest BCUT2D eigenvalue weighted by atomic mass is 10.5. The normalized spacial score (nSPS) is 12.8. The Balaban J connectivity index is 2.77. The number of carbonyl (C=O) groups is 1. The number of nitrogens with zero attached hydrogens (tertiary/aromatic N) is 1. The van der Waals surface area contributed by atoms with E-state index in [9.17, 15) is 13.6 Å². The number of aromatic nitrogens is 1. The van der Waals surface area contributed by atoms with E-state index in [4.69, 9.17) is 5.73 Å². The van der Waals surface area contributed by atoms with Crippen LogP contribution in [-0.4, -0.2) is 19.7 Å². The molecule has 1 unspecified atom stereocenters. The highest BCUT2D eigenvalue weighted by molar-refractivity contribution is 7.78. The van der Waals surface area contributed by atoms with Crippen molar-refractivity contribution in [1.82, 2.24) is 4.98 Å². The van der Waals surface area contributed by atoms with Crippen LogP contribution in [0.15, 0.2) is 5.38 Å². The van der Waals surface area contributed by atoms with Gasteiger partial charge < -0.3 is 10.3 Å². The monoisotopic (exact) mass is 205 g/mol. The first kappa shape index (κ1) is 9.30. The lowest BCUT2D eigenvalue weighted by molar-refractivity contribution is 0.0996. The molecule has 1 heterocycles.